The van der Waals surface area contributed by atoms with E-state index in [0.717, 1.165) is 16.7 Å². The fraction of sp³-hybridized carbons (Fsp3) is 0.200. The van der Waals surface area contributed by atoms with E-state index < -0.39 is 6.09 Å². The summed E-state index contributed by atoms with van der Waals surface area (Å²) in [4.78, 5) is 23.8. The van der Waals surface area contributed by atoms with E-state index in [1.165, 1.54) is 7.11 Å². The Hall–Kier alpha value is -3.55. The van der Waals surface area contributed by atoms with Crippen LogP contribution in [-0.2, 0) is 17.8 Å². The second-order valence-electron chi connectivity index (χ2n) is 7.32. The molecule has 0 aliphatic heterocycles. The van der Waals surface area contributed by atoms with Crippen molar-refractivity contribution in [3.05, 3.63) is 76.8 Å². The van der Waals surface area contributed by atoms with Gasteiger partial charge in [-0.1, -0.05) is 54.1 Å². The number of hydrogen-bond donors (Lipinski definition) is 3. The fourth-order valence-electron chi connectivity index (χ4n) is 3.44. The van der Waals surface area contributed by atoms with Gasteiger partial charge < -0.3 is 25.6 Å². The maximum Gasteiger partial charge on any atom is 0.409 e. The third kappa shape index (κ3) is 6.47. The molecule has 0 aromatic heterocycles. The molecular weight excluding hydrogens is 444 g/mol. The lowest BCUT2D eigenvalue weighted by molar-refractivity contribution is -0.116. The summed E-state index contributed by atoms with van der Waals surface area (Å²) in [5.41, 5.74) is 8.76. The number of carbonyl (C=O) groups excluding carboxylic acids is 2. The zero-order valence-electron chi connectivity index (χ0n) is 18.1. The highest BCUT2D eigenvalue weighted by Crippen LogP contribution is 2.32. The summed E-state index contributed by atoms with van der Waals surface area (Å²) >= 11 is 6.20. The van der Waals surface area contributed by atoms with Gasteiger partial charge in [0.15, 0.2) is 0 Å². The molecule has 0 radical (unpaired) electrons. The Kier molecular flexibility index (Phi) is 8.29. The van der Waals surface area contributed by atoms with E-state index in [2.05, 4.69) is 5.32 Å². The maximum absolute atomic E-state index is 12.4. The van der Waals surface area contributed by atoms with Crippen LogP contribution < -0.4 is 20.5 Å². The molecule has 0 atom stereocenters. The molecule has 0 bridgehead atoms. The summed E-state index contributed by atoms with van der Waals surface area (Å²) in [6.45, 7) is -0.221. The zero-order chi connectivity index (χ0) is 23.8. The molecule has 8 heteroatoms. The monoisotopic (exact) mass is 468 g/mol. The standard InChI is InChI=1S/C25H25ClN2O5/c1-32-22-14-21(20(26)13-18(22)15-29)28-24(30)9-5-6-16-10-11-19(17-7-3-2-4-8-17)23(12-16)33-25(27)31/h2-4,7-8,10-14,29H,5-6,9,15H2,1H3,(H2,27,31)(H,28,30). The van der Waals surface area contributed by atoms with Gasteiger partial charge in [-0.3, -0.25) is 4.79 Å². The Balaban J connectivity index is 1.64. The Bertz CT molecular complexity index is 1140. The highest BCUT2D eigenvalue weighted by Gasteiger charge is 2.13. The summed E-state index contributed by atoms with van der Waals surface area (Å²) in [6, 6.07) is 18.3. The first kappa shape index (κ1) is 24.1. The summed E-state index contributed by atoms with van der Waals surface area (Å²) in [5, 5.41) is 12.4. The number of primary amides is 1. The van der Waals surface area contributed by atoms with Crippen molar-refractivity contribution < 1.29 is 24.2 Å². The molecule has 2 amide bonds. The average molecular weight is 469 g/mol. The van der Waals surface area contributed by atoms with Gasteiger partial charge in [0.25, 0.3) is 0 Å². The zero-order valence-corrected chi connectivity index (χ0v) is 18.9. The number of aliphatic hydroxyl groups excluding tert-OH is 1. The third-order valence-corrected chi connectivity index (χ3v) is 5.34. The maximum atomic E-state index is 12.4. The number of nitrogens with two attached hydrogens (primary N) is 1. The lowest BCUT2D eigenvalue weighted by Crippen LogP contribution is -2.17. The van der Waals surface area contributed by atoms with Crippen LogP contribution in [0.3, 0.4) is 0 Å². The predicted octanol–water partition coefficient (Wildman–Crippen LogP) is 4.93. The largest absolute Gasteiger partial charge is 0.496 e. The summed E-state index contributed by atoms with van der Waals surface area (Å²) < 4.78 is 10.4. The molecule has 0 spiro atoms. The molecule has 0 saturated carbocycles. The van der Waals surface area contributed by atoms with E-state index in [1.807, 2.05) is 42.5 Å². The van der Waals surface area contributed by atoms with Crippen molar-refractivity contribution in [2.45, 2.75) is 25.9 Å². The fourth-order valence-corrected chi connectivity index (χ4v) is 3.67. The smallest absolute Gasteiger partial charge is 0.409 e. The van der Waals surface area contributed by atoms with Crippen LogP contribution in [0.2, 0.25) is 5.02 Å². The number of aryl methyl sites for hydroxylation is 1. The van der Waals surface area contributed by atoms with Crippen LogP contribution in [0.5, 0.6) is 11.5 Å². The lowest BCUT2D eigenvalue weighted by Gasteiger charge is -2.13. The van der Waals surface area contributed by atoms with E-state index in [0.29, 0.717) is 40.6 Å². The minimum Gasteiger partial charge on any atom is -0.496 e. The lowest BCUT2D eigenvalue weighted by atomic mass is 10.00. The second kappa shape index (κ2) is 11.4. The number of carbonyl (C=O) groups is 2. The highest BCUT2D eigenvalue weighted by atomic mass is 35.5. The molecule has 4 N–H and O–H groups in total. The number of rotatable bonds is 9. The van der Waals surface area contributed by atoms with Crippen LogP contribution in [0.15, 0.2) is 60.7 Å². The van der Waals surface area contributed by atoms with Gasteiger partial charge in [0.1, 0.15) is 11.5 Å². The van der Waals surface area contributed by atoms with Crippen LogP contribution in [-0.4, -0.2) is 24.2 Å². The topological polar surface area (TPSA) is 111 Å². The molecule has 3 aromatic carbocycles. The van der Waals surface area contributed by atoms with Gasteiger partial charge >= 0.3 is 6.09 Å². The molecule has 3 rings (SSSR count). The number of benzene rings is 3. The minimum atomic E-state index is -0.886. The van der Waals surface area contributed by atoms with Gasteiger partial charge in [-0.15, -0.1) is 0 Å². The molecule has 0 aliphatic carbocycles. The molecule has 3 aromatic rings. The van der Waals surface area contributed by atoms with E-state index in [-0.39, 0.29) is 18.9 Å². The number of hydrogen-bond acceptors (Lipinski definition) is 5. The summed E-state index contributed by atoms with van der Waals surface area (Å²) in [6.07, 6.45) is 0.532. The van der Waals surface area contributed by atoms with E-state index >= 15 is 0 Å². The van der Waals surface area contributed by atoms with Crippen molar-refractivity contribution in [3.63, 3.8) is 0 Å². The molecule has 0 saturated heterocycles. The molecule has 0 heterocycles. The first-order chi connectivity index (χ1) is 15.9. The number of methoxy groups -OCH3 is 1. The van der Waals surface area contributed by atoms with E-state index in [1.54, 1.807) is 18.2 Å². The van der Waals surface area contributed by atoms with E-state index in [9.17, 15) is 14.7 Å². The molecule has 172 valence electrons. The van der Waals surface area contributed by atoms with Gasteiger partial charge in [-0.25, -0.2) is 4.79 Å². The molecule has 33 heavy (non-hydrogen) atoms. The first-order valence-electron chi connectivity index (χ1n) is 10.3. The van der Waals surface area contributed by atoms with Crippen LogP contribution >= 0.6 is 11.6 Å². The van der Waals surface area contributed by atoms with Gasteiger partial charge in [0.2, 0.25) is 5.91 Å². The molecule has 7 nitrogen and oxygen atoms in total. The van der Waals surface area contributed by atoms with Crippen molar-refractivity contribution in [2.24, 2.45) is 5.73 Å². The van der Waals surface area contributed by atoms with Crippen molar-refractivity contribution >= 4 is 29.3 Å². The van der Waals surface area contributed by atoms with Crippen molar-refractivity contribution in [1.82, 2.24) is 0 Å². The van der Waals surface area contributed by atoms with Gasteiger partial charge in [-0.2, -0.15) is 0 Å². The molecular formula is C25H25ClN2O5. The van der Waals surface area contributed by atoms with Crippen LogP contribution in [0, 0.1) is 0 Å². The Morgan fingerprint density at radius 1 is 1.06 bits per heavy atom. The molecule has 0 unspecified atom stereocenters. The first-order valence-corrected chi connectivity index (χ1v) is 10.7. The van der Waals surface area contributed by atoms with Gasteiger partial charge in [-0.05, 0) is 36.1 Å². The van der Waals surface area contributed by atoms with Crippen LogP contribution in [0.4, 0.5) is 10.5 Å². The van der Waals surface area contributed by atoms with Crippen LogP contribution in [0.1, 0.15) is 24.0 Å². The molecule has 0 aliphatic rings. The third-order valence-electron chi connectivity index (χ3n) is 5.03. The molecule has 0 fully saturated rings. The Morgan fingerprint density at radius 2 is 1.82 bits per heavy atom. The SMILES string of the molecule is COc1cc(NC(=O)CCCc2ccc(-c3ccccc3)c(OC(N)=O)c2)c(Cl)cc1CO. The predicted molar refractivity (Wildman–Crippen MR) is 128 cm³/mol. The van der Waals surface area contributed by atoms with Gasteiger partial charge in [0.05, 0.1) is 24.4 Å². The van der Waals surface area contributed by atoms with Crippen molar-refractivity contribution in [2.75, 3.05) is 12.4 Å². The number of halogens is 1. The Morgan fingerprint density at radius 3 is 2.48 bits per heavy atom. The second-order valence-corrected chi connectivity index (χ2v) is 7.73. The van der Waals surface area contributed by atoms with Crippen molar-refractivity contribution in [3.8, 4) is 22.6 Å². The normalized spacial score (nSPS) is 10.5. The van der Waals surface area contributed by atoms with E-state index in [4.69, 9.17) is 26.8 Å². The highest BCUT2D eigenvalue weighted by molar-refractivity contribution is 6.33. The number of aliphatic hydroxyl groups is 1. The summed E-state index contributed by atoms with van der Waals surface area (Å²) in [5.74, 6) is 0.612. The quantitative estimate of drug-likeness (QED) is 0.412. The number of amides is 2. The summed E-state index contributed by atoms with van der Waals surface area (Å²) in [7, 11) is 1.48. The van der Waals surface area contributed by atoms with Gasteiger partial charge in [0, 0.05) is 23.6 Å². The number of nitrogens with one attached hydrogen (secondary N) is 1. The minimum absolute atomic E-state index is 0.204. The Labute approximate surface area is 197 Å². The van der Waals surface area contributed by atoms with Crippen molar-refractivity contribution in [1.29, 1.82) is 0 Å². The number of ether oxygens (including phenoxy) is 2. The number of anilines is 1. The average Bonchev–Trinajstić information content (AvgIpc) is 2.80. The van der Waals surface area contributed by atoms with Crippen LogP contribution in [0.25, 0.3) is 11.1 Å².